The van der Waals surface area contributed by atoms with Crippen molar-refractivity contribution < 1.29 is 13.6 Å². The highest BCUT2D eigenvalue weighted by molar-refractivity contribution is 5.93. The number of halogens is 2. The molecule has 4 rings (SSSR count). The van der Waals surface area contributed by atoms with Gasteiger partial charge in [0, 0.05) is 54.6 Å². The Morgan fingerprint density at radius 2 is 1.79 bits per heavy atom. The summed E-state index contributed by atoms with van der Waals surface area (Å²) in [4.78, 5) is 19.9. The van der Waals surface area contributed by atoms with Gasteiger partial charge in [-0.25, -0.2) is 13.6 Å². The number of nitrogens with zero attached hydrogens (tertiary/aromatic N) is 2. The van der Waals surface area contributed by atoms with Gasteiger partial charge in [-0.15, -0.1) is 0 Å². The maximum absolute atomic E-state index is 13.7. The maximum Gasteiger partial charge on any atom is 0.324 e. The summed E-state index contributed by atoms with van der Waals surface area (Å²) >= 11 is 0. The number of benzene rings is 2. The fourth-order valence-corrected chi connectivity index (χ4v) is 4.56. The molecule has 0 bridgehead atoms. The molecule has 1 saturated heterocycles. The summed E-state index contributed by atoms with van der Waals surface area (Å²) in [5.74, 6) is -0.595. The first kappa shape index (κ1) is 23.0. The number of H-pyrrole nitrogens is 1. The number of aromatic nitrogens is 1. The van der Waals surface area contributed by atoms with Crippen LogP contribution in [0.2, 0.25) is 0 Å². The van der Waals surface area contributed by atoms with Crippen LogP contribution >= 0.6 is 0 Å². The minimum absolute atomic E-state index is 0.0325. The molecule has 1 aliphatic rings. The van der Waals surface area contributed by atoms with Crippen molar-refractivity contribution in [1.29, 1.82) is 5.41 Å². The standard InChI is InChI=1S/C26H30F2N4O/c1-18(24-17-30-25-10-7-20(28)16-23(24)25)15-21(29)11-14-32(22-8-5-19(27)6-9-22)26(33)31-12-3-2-4-13-31/h5-10,16-18,29-30H,2-4,11-15H2,1H3. The van der Waals surface area contributed by atoms with Crippen molar-refractivity contribution in [3.63, 3.8) is 0 Å². The van der Waals surface area contributed by atoms with Gasteiger partial charge in [0.05, 0.1) is 0 Å². The van der Waals surface area contributed by atoms with E-state index in [1.807, 2.05) is 18.0 Å². The smallest absolute Gasteiger partial charge is 0.324 e. The van der Waals surface area contributed by atoms with Crippen LogP contribution in [0.1, 0.15) is 50.5 Å². The van der Waals surface area contributed by atoms with Gasteiger partial charge in [-0.2, -0.15) is 0 Å². The molecule has 174 valence electrons. The molecule has 1 unspecified atom stereocenters. The summed E-state index contributed by atoms with van der Waals surface area (Å²) in [7, 11) is 0. The van der Waals surface area contributed by atoms with Gasteiger partial charge in [0.2, 0.25) is 0 Å². The third kappa shape index (κ3) is 5.41. The van der Waals surface area contributed by atoms with E-state index in [-0.39, 0.29) is 23.6 Å². The minimum Gasteiger partial charge on any atom is -0.361 e. The van der Waals surface area contributed by atoms with Crippen molar-refractivity contribution in [1.82, 2.24) is 9.88 Å². The van der Waals surface area contributed by atoms with Crippen LogP contribution in [-0.4, -0.2) is 41.3 Å². The molecule has 1 fully saturated rings. The summed E-state index contributed by atoms with van der Waals surface area (Å²) < 4.78 is 27.2. The number of aromatic amines is 1. The van der Waals surface area contributed by atoms with Crippen molar-refractivity contribution >= 4 is 28.3 Å². The lowest BCUT2D eigenvalue weighted by Crippen LogP contribution is -2.46. The lowest BCUT2D eigenvalue weighted by atomic mass is 9.94. The van der Waals surface area contributed by atoms with Gasteiger partial charge in [-0.05, 0) is 79.6 Å². The fourth-order valence-electron chi connectivity index (χ4n) is 4.56. The molecule has 2 amide bonds. The molecular formula is C26H30F2N4O. The number of rotatable bonds is 7. The number of urea groups is 1. The second-order valence-corrected chi connectivity index (χ2v) is 8.85. The number of hydrogen-bond donors (Lipinski definition) is 2. The van der Waals surface area contributed by atoms with Crippen LogP contribution in [-0.2, 0) is 0 Å². The highest BCUT2D eigenvalue weighted by Gasteiger charge is 2.24. The molecule has 2 aromatic carbocycles. The van der Waals surface area contributed by atoms with E-state index in [4.69, 9.17) is 5.41 Å². The van der Waals surface area contributed by atoms with Crippen LogP contribution in [0.25, 0.3) is 10.9 Å². The Bertz CT molecular complexity index is 1120. The van der Waals surface area contributed by atoms with Gasteiger partial charge < -0.3 is 15.3 Å². The van der Waals surface area contributed by atoms with Crippen LogP contribution in [0, 0.1) is 17.0 Å². The Morgan fingerprint density at radius 3 is 2.52 bits per heavy atom. The number of piperidine rings is 1. The zero-order valence-corrected chi connectivity index (χ0v) is 18.9. The molecule has 33 heavy (non-hydrogen) atoms. The summed E-state index contributed by atoms with van der Waals surface area (Å²) in [5.41, 5.74) is 3.01. The molecule has 0 aliphatic carbocycles. The average molecular weight is 453 g/mol. The van der Waals surface area contributed by atoms with Gasteiger partial charge >= 0.3 is 6.03 Å². The van der Waals surface area contributed by atoms with E-state index in [2.05, 4.69) is 4.98 Å². The molecule has 0 radical (unpaired) electrons. The molecule has 2 N–H and O–H groups in total. The highest BCUT2D eigenvalue weighted by atomic mass is 19.1. The molecule has 7 heteroatoms. The normalized spacial score (nSPS) is 14.9. The molecule has 1 aliphatic heterocycles. The Labute approximate surface area is 192 Å². The van der Waals surface area contributed by atoms with E-state index >= 15 is 0 Å². The van der Waals surface area contributed by atoms with E-state index in [0.29, 0.717) is 30.8 Å². The van der Waals surface area contributed by atoms with E-state index < -0.39 is 0 Å². The largest absolute Gasteiger partial charge is 0.361 e. The number of anilines is 1. The van der Waals surface area contributed by atoms with Crippen LogP contribution in [0.4, 0.5) is 19.3 Å². The Kier molecular flexibility index (Phi) is 7.06. The number of carbonyl (C=O) groups excluding carboxylic acids is 1. The van der Waals surface area contributed by atoms with Crippen LogP contribution in [0.3, 0.4) is 0 Å². The predicted octanol–water partition coefficient (Wildman–Crippen LogP) is 6.46. The Morgan fingerprint density at radius 1 is 1.09 bits per heavy atom. The van der Waals surface area contributed by atoms with Crippen LogP contribution in [0.5, 0.6) is 0 Å². The van der Waals surface area contributed by atoms with Crippen molar-refractivity contribution in [2.45, 2.75) is 44.9 Å². The Balaban J connectivity index is 1.43. The molecule has 1 aromatic heterocycles. The number of amides is 2. The monoisotopic (exact) mass is 452 g/mol. The van der Waals surface area contributed by atoms with Gasteiger partial charge in [-0.1, -0.05) is 6.92 Å². The summed E-state index contributed by atoms with van der Waals surface area (Å²) in [6.07, 6.45) is 5.91. The van der Waals surface area contributed by atoms with Crippen molar-refractivity contribution in [3.8, 4) is 0 Å². The number of nitrogens with one attached hydrogen (secondary N) is 2. The molecular weight excluding hydrogens is 422 g/mol. The molecule has 0 spiro atoms. The van der Waals surface area contributed by atoms with Gasteiger partial charge in [0.25, 0.3) is 0 Å². The number of fused-ring (bicyclic) bond motifs is 1. The van der Waals surface area contributed by atoms with Gasteiger partial charge in [0.15, 0.2) is 0 Å². The first-order valence-electron chi connectivity index (χ1n) is 11.6. The minimum atomic E-state index is -0.346. The van der Waals surface area contributed by atoms with Crippen LogP contribution in [0.15, 0.2) is 48.7 Å². The molecule has 0 saturated carbocycles. The van der Waals surface area contributed by atoms with E-state index in [1.165, 1.54) is 24.3 Å². The zero-order valence-electron chi connectivity index (χ0n) is 18.9. The topological polar surface area (TPSA) is 63.2 Å². The summed E-state index contributed by atoms with van der Waals surface area (Å²) in [5, 5.41) is 9.39. The lowest BCUT2D eigenvalue weighted by molar-refractivity contribution is 0.193. The fraction of sp³-hybridized carbons (Fsp3) is 0.385. The first-order chi connectivity index (χ1) is 15.9. The second-order valence-electron chi connectivity index (χ2n) is 8.85. The third-order valence-electron chi connectivity index (χ3n) is 6.39. The molecule has 3 aromatic rings. The third-order valence-corrected chi connectivity index (χ3v) is 6.39. The van der Waals surface area contributed by atoms with Crippen molar-refractivity contribution in [2.75, 3.05) is 24.5 Å². The molecule has 5 nitrogen and oxygen atoms in total. The first-order valence-corrected chi connectivity index (χ1v) is 11.6. The van der Waals surface area contributed by atoms with Crippen molar-refractivity contribution in [2.24, 2.45) is 0 Å². The average Bonchev–Trinajstić information content (AvgIpc) is 3.24. The van der Waals surface area contributed by atoms with E-state index in [0.717, 1.165) is 48.8 Å². The summed E-state index contributed by atoms with van der Waals surface area (Å²) in [6.45, 7) is 3.83. The van der Waals surface area contributed by atoms with Gasteiger partial charge in [-0.3, -0.25) is 4.90 Å². The number of hydrogen-bond acceptors (Lipinski definition) is 2. The Hall–Kier alpha value is -3.22. The second kappa shape index (κ2) is 10.1. The predicted molar refractivity (Wildman–Crippen MR) is 128 cm³/mol. The lowest BCUT2D eigenvalue weighted by Gasteiger charge is -2.33. The molecule has 1 atom stereocenters. The van der Waals surface area contributed by atoms with Gasteiger partial charge in [0.1, 0.15) is 11.6 Å². The van der Waals surface area contributed by atoms with E-state index in [1.54, 1.807) is 23.1 Å². The SMILES string of the molecule is CC(CC(=N)CCN(C(=O)N1CCCCC1)c1ccc(F)cc1)c1c[nH]c2ccc(F)cc12. The van der Waals surface area contributed by atoms with Crippen molar-refractivity contribution in [3.05, 3.63) is 65.9 Å². The highest BCUT2D eigenvalue weighted by Crippen LogP contribution is 2.29. The van der Waals surface area contributed by atoms with E-state index in [9.17, 15) is 13.6 Å². The van der Waals surface area contributed by atoms with Crippen LogP contribution < -0.4 is 4.90 Å². The maximum atomic E-state index is 13.7. The number of likely N-dealkylation sites (tertiary alicyclic amines) is 1. The number of carbonyl (C=O) groups is 1. The summed E-state index contributed by atoms with van der Waals surface area (Å²) in [6, 6.07) is 10.5. The zero-order chi connectivity index (χ0) is 23.4. The molecule has 2 heterocycles. The quantitative estimate of drug-likeness (QED) is 0.397.